The van der Waals surface area contributed by atoms with Crippen molar-refractivity contribution in [2.75, 3.05) is 13.1 Å². The van der Waals surface area contributed by atoms with Crippen LogP contribution in [-0.4, -0.2) is 36.1 Å². The largest absolute Gasteiger partial charge is 0.392 e. The van der Waals surface area contributed by atoms with Crippen molar-refractivity contribution in [3.8, 4) is 0 Å². The molecule has 6 nitrogen and oxygen atoms in total. The maximum absolute atomic E-state index is 11.9. The Labute approximate surface area is 111 Å². The zero-order valence-corrected chi connectivity index (χ0v) is 10.5. The lowest BCUT2D eigenvalue weighted by Crippen LogP contribution is -2.57. The first-order valence-electron chi connectivity index (χ1n) is 6.15. The van der Waals surface area contributed by atoms with Crippen molar-refractivity contribution < 1.29 is 14.7 Å². The van der Waals surface area contributed by atoms with E-state index in [4.69, 9.17) is 5.11 Å². The summed E-state index contributed by atoms with van der Waals surface area (Å²) >= 11 is 0. The lowest BCUT2D eigenvalue weighted by Gasteiger charge is -2.23. The van der Waals surface area contributed by atoms with Crippen molar-refractivity contribution in [1.82, 2.24) is 16.0 Å². The van der Waals surface area contributed by atoms with E-state index >= 15 is 0 Å². The highest BCUT2D eigenvalue weighted by molar-refractivity contribution is 5.86. The first-order chi connectivity index (χ1) is 9.19. The molecule has 1 fully saturated rings. The minimum absolute atomic E-state index is 0.0159. The van der Waals surface area contributed by atoms with Gasteiger partial charge in [0.1, 0.15) is 6.04 Å². The van der Waals surface area contributed by atoms with Crippen LogP contribution in [-0.2, 0) is 22.7 Å². The highest BCUT2D eigenvalue weighted by Crippen LogP contribution is 2.05. The molecule has 0 aliphatic carbocycles. The molecule has 1 aliphatic heterocycles. The summed E-state index contributed by atoms with van der Waals surface area (Å²) < 4.78 is 0. The molecule has 1 heterocycles. The molecule has 1 atom stereocenters. The molecular weight excluding hydrogens is 246 g/mol. The summed E-state index contributed by atoms with van der Waals surface area (Å²) in [6, 6.07) is 7.00. The molecule has 4 N–H and O–H groups in total. The molecule has 102 valence electrons. The fourth-order valence-corrected chi connectivity index (χ4v) is 1.90. The Balaban J connectivity index is 1.84. The predicted octanol–water partition coefficient (Wildman–Crippen LogP) is -1.12. The Kier molecular flexibility index (Phi) is 4.48. The Bertz CT molecular complexity index is 466. The molecule has 1 aromatic carbocycles. The SMILES string of the molecule is O=C1CNC(C(=O)NCc2cccc(CO)c2)CN1. The van der Waals surface area contributed by atoms with Gasteiger partial charge in [-0.1, -0.05) is 24.3 Å². The second-order valence-electron chi connectivity index (χ2n) is 4.43. The molecule has 0 bridgehead atoms. The second kappa shape index (κ2) is 6.31. The van der Waals surface area contributed by atoms with Gasteiger partial charge in [0.2, 0.25) is 11.8 Å². The van der Waals surface area contributed by atoms with Gasteiger partial charge in [0, 0.05) is 13.1 Å². The number of benzene rings is 1. The monoisotopic (exact) mass is 263 g/mol. The highest BCUT2D eigenvalue weighted by atomic mass is 16.3. The van der Waals surface area contributed by atoms with Gasteiger partial charge in [0.25, 0.3) is 0 Å². The summed E-state index contributed by atoms with van der Waals surface area (Å²) in [5.41, 5.74) is 1.74. The smallest absolute Gasteiger partial charge is 0.239 e. The third kappa shape index (κ3) is 3.77. The molecule has 19 heavy (non-hydrogen) atoms. The van der Waals surface area contributed by atoms with E-state index in [1.165, 1.54) is 0 Å². The average molecular weight is 263 g/mol. The van der Waals surface area contributed by atoms with Gasteiger partial charge in [-0.2, -0.15) is 0 Å². The van der Waals surface area contributed by atoms with Crippen molar-refractivity contribution >= 4 is 11.8 Å². The van der Waals surface area contributed by atoms with Crippen LogP contribution in [0.15, 0.2) is 24.3 Å². The van der Waals surface area contributed by atoms with E-state index in [0.717, 1.165) is 11.1 Å². The number of aliphatic hydroxyl groups excluding tert-OH is 1. The van der Waals surface area contributed by atoms with Crippen molar-refractivity contribution in [2.24, 2.45) is 0 Å². The molecule has 0 saturated carbocycles. The van der Waals surface area contributed by atoms with E-state index in [1.807, 2.05) is 24.3 Å². The van der Waals surface area contributed by atoms with Crippen molar-refractivity contribution in [3.05, 3.63) is 35.4 Å². The Hall–Kier alpha value is -1.92. The second-order valence-corrected chi connectivity index (χ2v) is 4.43. The predicted molar refractivity (Wildman–Crippen MR) is 69.0 cm³/mol. The van der Waals surface area contributed by atoms with Gasteiger partial charge in [0.15, 0.2) is 0 Å². The van der Waals surface area contributed by atoms with Gasteiger partial charge in [-0.3, -0.25) is 14.9 Å². The molecule has 0 spiro atoms. The van der Waals surface area contributed by atoms with Crippen molar-refractivity contribution in [3.63, 3.8) is 0 Å². The summed E-state index contributed by atoms with van der Waals surface area (Å²) in [5.74, 6) is -0.242. The van der Waals surface area contributed by atoms with Crippen LogP contribution < -0.4 is 16.0 Å². The summed E-state index contributed by atoms with van der Waals surface area (Å²) in [7, 11) is 0. The highest BCUT2D eigenvalue weighted by Gasteiger charge is 2.23. The topological polar surface area (TPSA) is 90.5 Å². The lowest BCUT2D eigenvalue weighted by molar-refractivity contribution is -0.126. The molecule has 2 rings (SSSR count). The number of amides is 2. The number of rotatable bonds is 4. The summed E-state index contributed by atoms with van der Waals surface area (Å²) in [6.07, 6.45) is 0. The zero-order valence-electron chi connectivity index (χ0n) is 10.5. The number of hydrogen-bond acceptors (Lipinski definition) is 4. The van der Waals surface area contributed by atoms with Gasteiger partial charge < -0.3 is 15.7 Å². The van der Waals surface area contributed by atoms with Crippen LogP contribution in [0.4, 0.5) is 0 Å². The first kappa shape index (κ1) is 13.5. The van der Waals surface area contributed by atoms with Gasteiger partial charge in [0.05, 0.1) is 13.2 Å². The van der Waals surface area contributed by atoms with Gasteiger partial charge in [-0.05, 0) is 11.1 Å². The minimum atomic E-state index is -0.390. The fraction of sp³-hybridized carbons (Fsp3) is 0.385. The number of aliphatic hydroxyl groups is 1. The molecule has 0 aromatic heterocycles. The molecule has 1 unspecified atom stereocenters. The van der Waals surface area contributed by atoms with E-state index in [1.54, 1.807) is 0 Å². The average Bonchev–Trinajstić information content (AvgIpc) is 2.46. The maximum atomic E-state index is 11.9. The molecule has 6 heteroatoms. The Morgan fingerprint density at radius 2 is 2.21 bits per heavy atom. The van der Waals surface area contributed by atoms with Crippen LogP contribution in [0.25, 0.3) is 0 Å². The van der Waals surface area contributed by atoms with Crippen molar-refractivity contribution in [2.45, 2.75) is 19.2 Å². The Morgan fingerprint density at radius 3 is 2.89 bits per heavy atom. The summed E-state index contributed by atoms with van der Waals surface area (Å²) in [5, 5.41) is 17.3. The van der Waals surface area contributed by atoms with Crippen LogP contribution in [0.1, 0.15) is 11.1 Å². The van der Waals surface area contributed by atoms with Crippen LogP contribution in [0.2, 0.25) is 0 Å². The van der Waals surface area contributed by atoms with Crippen LogP contribution >= 0.6 is 0 Å². The van der Waals surface area contributed by atoms with E-state index in [2.05, 4.69) is 16.0 Å². The number of hydrogen-bond donors (Lipinski definition) is 4. The standard InChI is InChI=1S/C13H17N3O3/c17-8-10-3-1-2-9(4-10)5-16-13(19)11-6-15-12(18)7-14-11/h1-4,11,14,17H,5-8H2,(H,15,18)(H,16,19). The van der Waals surface area contributed by atoms with Crippen LogP contribution in [0, 0.1) is 0 Å². The van der Waals surface area contributed by atoms with E-state index < -0.39 is 6.04 Å². The molecule has 2 amide bonds. The maximum Gasteiger partial charge on any atom is 0.239 e. The van der Waals surface area contributed by atoms with E-state index in [-0.39, 0.29) is 25.0 Å². The van der Waals surface area contributed by atoms with Crippen LogP contribution in [0.3, 0.4) is 0 Å². The normalized spacial score (nSPS) is 18.8. The fourth-order valence-electron chi connectivity index (χ4n) is 1.90. The number of piperazine rings is 1. The third-order valence-corrected chi connectivity index (χ3v) is 2.97. The molecule has 1 aliphatic rings. The number of nitrogens with one attached hydrogen (secondary N) is 3. The molecule has 1 aromatic rings. The summed E-state index contributed by atoms with van der Waals surface area (Å²) in [6.45, 7) is 0.857. The molecule has 0 radical (unpaired) electrons. The Morgan fingerprint density at radius 1 is 1.42 bits per heavy atom. The van der Waals surface area contributed by atoms with Gasteiger partial charge in [-0.25, -0.2) is 0 Å². The van der Waals surface area contributed by atoms with E-state index in [0.29, 0.717) is 13.1 Å². The third-order valence-electron chi connectivity index (χ3n) is 2.97. The van der Waals surface area contributed by atoms with Crippen LogP contribution in [0.5, 0.6) is 0 Å². The molecule has 1 saturated heterocycles. The van der Waals surface area contributed by atoms with E-state index in [9.17, 15) is 9.59 Å². The summed E-state index contributed by atoms with van der Waals surface area (Å²) in [4.78, 5) is 22.8. The minimum Gasteiger partial charge on any atom is -0.392 e. The lowest BCUT2D eigenvalue weighted by atomic mass is 10.1. The van der Waals surface area contributed by atoms with Crippen molar-refractivity contribution in [1.29, 1.82) is 0 Å². The quantitative estimate of drug-likeness (QED) is 0.554. The number of carbonyl (C=O) groups excluding carboxylic acids is 2. The van der Waals surface area contributed by atoms with Gasteiger partial charge in [-0.15, -0.1) is 0 Å². The molecular formula is C13H17N3O3. The zero-order chi connectivity index (χ0) is 13.7. The van der Waals surface area contributed by atoms with Gasteiger partial charge >= 0.3 is 0 Å². The number of carbonyl (C=O) groups is 2. The first-order valence-corrected chi connectivity index (χ1v) is 6.15.